The van der Waals surface area contributed by atoms with Crippen LogP contribution in [0, 0.1) is 0 Å². The summed E-state index contributed by atoms with van der Waals surface area (Å²) < 4.78 is 0. The number of rotatable bonds is 5. The van der Waals surface area contributed by atoms with Gasteiger partial charge in [-0.2, -0.15) is 0 Å². The van der Waals surface area contributed by atoms with E-state index in [4.69, 9.17) is 0 Å². The van der Waals surface area contributed by atoms with Crippen LogP contribution in [0.4, 0.5) is 5.95 Å². The average molecular weight is 275 g/mol. The largest absolute Gasteiger partial charge is 0.334 e. The van der Waals surface area contributed by atoms with Crippen molar-refractivity contribution in [2.24, 2.45) is 0 Å². The van der Waals surface area contributed by atoms with Crippen molar-refractivity contribution in [2.75, 3.05) is 51.7 Å². The van der Waals surface area contributed by atoms with Crippen LogP contribution in [0.2, 0.25) is 0 Å². The molecule has 0 aliphatic carbocycles. The Morgan fingerprint density at radius 1 is 1.20 bits per heavy atom. The second-order valence-corrected chi connectivity index (χ2v) is 6.36. The summed E-state index contributed by atoms with van der Waals surface area (Å²) in [5.41, 5.74) is 0.319. The number of likely N-dealkylation sites (tertiary alicyclic amines) is 1. The first-order valence-electron chi connectivity index (χ1n) is 7.61. The molecule has 5 heteroatoms. The highest BCUT2D eigenvalue weighted by Gasteiger charge is 2.50. The van der Waals surface area contributed by atoms with Crippen LogP contribution < -0.4 is 4.90 Å². The van der Waals surface area contributed by atoms with Gasteiger partial charge in [-0.05, 0) is 52.5 Å². The van der Waals surface area contributed by atoms with E-state index in [1.54, 1.807) is 0 Å². The molecule has 20 heavy (non-hydrogen) atoms. The fourth-order valence-corrected chi connectivity index (χ4v) is 3.45. The molecule has 110 valence electrons. The van der Waals surface area contributed by atoms with Crippen molar-refractivity contribution in [1.29, 1.82) is 0 Å². The predicted octanol–water partition coefficient (Wildman–Crippen LogP) is 1.08. The summed E-state index contributed by atoms with van der Waals surface area (Å²) in [6, 6.07) is 1.89. The molecule has 2 fully saturated rings. The van der Waals surface area contributed by atoms with Gasteiger partial charge in [-0.15, -0.1) is 0 Å². The molecular weight excluding hydrogens is 250 g/mol. The summed E-state index contributed by atoms with van der Waals surface area (Å²) in [7, 11) is 4.29. The van der Waals surface area contributed by atoms with Crippen LogP contribution in [0.1, 0.15) is 19.3 Å². The average Bonchev–Trinajstić information content (AvgIpc) is 2.85. The topological polar surface area (TPSA) is 35.5 Å². The van der Waals surface area contributed by atoms with E-state index in [9.17, 15) is 0 Å². The first kappa shape index (κ1) is 13.8. The van der Waals surface area contributed by atoms with E-state index in [-0.39, 0.29) is 0 Å². The van der Waals surface area contributed by atoms with Crippen molar-refractivity contribution in [2.45, 2.75) is 24.8 Å². The van der Waals surface area contributed by atoms with Crippen molar-refractivity contribution in [3.63, 3.8) is 0 Å². The smallest absolute Gasteiger partial charge is 0.225 e. The van der Waals surface area contributed by atoms with Gasteiger partial charge in [0.25, 0.3) is 0 Å². The van der Waals surface area contributed by atoms with Gasteiger partial charge in [0.15, 0.2) is 0 Å². The third-order valence-corrected chi connectivity index (χ3v) is 4.66. The van der Waals surface area contributed by atoms with E-state index >= 15 is 0 Å². The first-order valence-corrected chi connectivity index (χ1v) is 7.61. The maximum atomic E-state index is 4.42. The Bertz CT molecular complexity index is 435. The Hall–Kier alpha value is -1.20. The van der Waals surface area contributed by atoms with E-state index in [0.717, 1.165) is 12.5 Å². The van der Waals surface area contributed by atoms with Gasteiger partial charge in [0.2, 0.25) is 5.95 Å². The fraction of sp³-hybridized carbons (Fsp3) is 0.733. The molecular formula is C15H25N5. The van der Waals surface area contributed by atoms with Crippen molar-refractivity contribution in [3.8, 4) is 0 Å². The minimum absolute atomic E-state index is 0.319. The summed E-state index contributed by atoms with van der Waals surface area (Å²) in [5.74, 6) is 0.911. The summed E-state index contributed by atoms with van der Waals surface area (Å²) >= 11 is 0. The summed E-state index contributed by atoms with van der Waals surface area (Å²) in [6.07, 6.45) is 7.49. The van der Waals surface area contributed by atoms with E-state index in [0.29, 0.717) is 5.54 Å². The third-order valence-electron chi connectivity index (χ3n) is 4.66. The summed E-state index contributed by atoms with van der Waals surface area (Å²) in [5, 5.41) is 0. The van der Waals surface area contributed by atoms with Crippen molar-refractivity contribution in [1.82, 2.24) is 19.8 Å². The molecule has 3 rings (SSSR count). The van der Waals surface area contributed by atoms with Crippen LogP contribution in [0.5, 0.6) is 0 Å². The lowest BCUT2D eigenvalue weighted by Crippen LogP contribution is -2.62. The number of hydrogen-bond donors (Lipinski definition) is 0. The van der Waals surface area contributed by atoms with Crippen molar-refractivity contribution >= 4 is 5.95 Å². The maximum absolute atomic E-state index is 4.42. The fourth-order valence-electron chi connectivity index (χ4n) is 3.45. The third kappa shape index (κ3) is 2.65. The molecule has 0 saturated carbocycles. The van der Waals surface area contributed by atoms with Crippen LogP contribution in [-0.4, -0.2) is 72.1 Å². The molecule has 0 N–H and O–H groups in total. The highest BCUT2D eigenvalue weighted by Crippen LogP contribution is 2.40. The molecule has 0 bridgehead atoms. The molecule has 0 radical (unpaired) electrons. The number of aromatic nitrogens is 2. The highest BCUT2D eigenvalue weighted by atomic mass is 15.4. The molecule has 1 aromatic rings. The maximum Gasteiger partial charge on any atom is 0.225 e. The Kier molecular flexibility index (Phi) is 3.89. The molecule has 0 amide bonds. The monoisotopic (exact) mass is 275 g/mol. The quantitative estimate of drug-likeness (QED) is 0.803. The van der Waals surface area contributed by atoms with Crippen LogP contribution in [0.15, 0.2) is 18.5 Å². The molecule has 1 atom stereocenters. The van der Waals surface area contributed by atoms with Crippen LogP contribution >= 0.6 is 0 Å². The van der Waals surface area contributed by atoms with E-state index in [1.165, 1.54) is 45.4 Å². The van der Waals surface area contributed by atoms with Gasteiger partial charge in [-0.25, -0.2) is 9.97 Å². The second-order valence-electron chi connectivity index (χ2n) is 6.36. The number of anilines is 1. The van der Waals surface area contributed by atoms with Crippen LogP contribution in [0.3, 0.4) is 0 Å². The highest BCUT2D eigenvalue weighted by molar-refractivity contribution is 5.41. The standard InChI is InChI=1S/C15H25N5/c1-18(2)9-4-10-19-11-5-15(13-19)6-12-20(15)14-16-7-3-8-17-14/h3,7-8H,4-6,9-13H2,1-2H3. The molecule has 3 heterocycles. The van der Waals surface area contributed by atoms with Gasteiger partial charge in [0, 0.05) is 32.0 Å². The molecule has 5 nitrogen and oxygen atoms in total. The van der Waals surface area contributed by atoms with Crippen LogP contribution in [-0.2, 0) is 0 Å². The zero-order valence-corrected chi connectivity index (χ0v) is 12.6. The van der Waals surface area contributed by atoms with E-state index in [1.807, 2.05) is 18.5 Å². The first-order chi connectivity index (χ1) is 9.70. The SMILES string of the molecule is CN(C)CCCN1CCC2(CCN2c2ncccn2)C1. The number of nitrogens with zero attached hydrogens (tertiary/aromatic N) is 5. The minimum atomic E-state index is 0.319. The molecule has 0 aromatic carbocycles. The molecule has 2 aliphatic heterocycles. The van der Waals surface area contributed by atoms with Gasteiger partial charge in [-0.1, -0.05) is 0 Å². The Morgan fingerprint density at radius 2 is 1.95 bits per heavy atom. The van der Waals surface area contributed by atoms with Gasteiger partial charge in [0.05, 0.1) is 5.54 Å². The lowest BCUT2D eigenvalue weighted by atomic mass is 9.84. The lowest BCUT2D eigenvalue weighted by Gasteiger charge is -2.50. The predicted molar refractivity (Wildman–Crippen MR) is 81.0 cm³/mol. The van der Waals surface area contributed by atoms with Crippen molar-refractivity contribution in [3.05, 3.63) is 18.5 Å². The van der Waals surface area contributed by atoms with Gasteiger partial charge in [0.1, 0.15) is 0 Å². The molecule has 1 aromatic heterocycles. The number of hydrogen-bond acceptors (Lipinski definition) is 5. The molecule has 1 unspecified atom stereocenters. The Labute approximate surface area is 121 Å². The lowest BCUT2D eigenvalue weighted by molar-refractivity contribution is 0.240. The Morgan fingerprint density at radius 3 is 2.60 bits per heavy atom. The summed E-state index contributed by atoms with van der Waals surface area (Å²) in [4.78, 5) is 16.1. The van der Waals surface area contributed by atoms with E-state index in [2.05, 4.69) is 38.8 Å². The normalized spacial score (nSPS) is 26.4. The molecule has 1 spiro atoms. The van der Waals surface area contributed by atoms with E-state index < -0.39 is 0 Å². The van der Waals surface area contributed by atoms with Gasteiger partial charge < -0.3 is 14.7 Å². The Balaban J connectivity index is 1.56. The molecule has 2 aliphatic rings. The summed E-state index contributed by atoms with van der Waals surface area (Å²) in [6.45, 7) is 5.89. The zero-order valence-electron chi connectivity index (χ0n) is 12.6. The second kappa shape index (κ2) is 5.66. The minimum Gasteiger partial charge on any atom is -0.334 e. The molecule has 2 saturated heterocycles. The van der Waals surface area contributed by atoms with Gasteiger partial charge >= 0.3 is 0 Å². The van der Waals surface area contributed by atoms with Crippen molar-refractivity contribution < 1.29 is 0 Å². The van der Waals surface area contributed by atoms with Gasteiger partial charge in [-0.3, -0.25) is 0 Å². The zero-order chi connectivity index (χ0) is 14.0. The van der Waals surface area contributed by atoms with Crippen LogP contribution in [0.25, 0.3) is 0 Å².